The number of nitrogens with one attached hydrogen (secondary N) is 2. The average Bonchev–Trinajstić information content (AvgIpc) is 3.05. The van der Waals surface area contributed by atoms with Crippen LogP contribution < -0.4 is 15.5 Å². The molecule has 0 spiro atoms. The first-order valence-electron chi connectivity index (χ1n) is 8.81. The number of aliphatic carboxylic acids is 1. The number of carboxylic acid groups (broad SMARTS) is 1. The highest BCUT2D eigenvalue weighted by Crippen LogP contribution is 2.21. The van der Waals surface area contributed by atoms with E-state index in [1.165, 1.54) is 5.69 Å². The number of hydrogen-bond donors (Lipinski definition) is 3. The molecule has 2 heterocycles. The highest BCUT2D eigenvalue weighted by molar-refractivity contribution is 5.91. The van der Waals surface area contributed by atoms with Gasteiger partial charge in [0.2, 0.25) is 5.91 Å². The van der Waals surface area contributed by atoms with Gasteiger partial charge in [-0.3, -0.25) is 9.59 Å². The van der Waals surface area contributed by atoms with E-state index in [0.717, 1.165) is 31.9 Å². The quantitative estimate of drug-likeness (QED) is 0.732. The van der Waals surface area contributed by atoms with Crippen LogP contribution in [0.25, 0.3) is 0 Å². The molecule has 25 heavy (non-hydrogen) atoms. The third-order valence-corrected chi connectivity index (χ3v) is 5.01. The van der Waals surface area contributed by atoms with Crippen LogP contribution in [0.15, 0.2) is 24.3 Å². The zero-order valence-corrected chi connectivity index (χ0v) is 14.6. The molecule has 7 heteroatoms. The summed E-state index contributed by atoms with van der Waals surface area (Å²) in [5.41, 5.74) is 1.96. The van der Waals surface area contributed by atoms with Crippen molar-refractivity contribution in [3.63, 3.8) is 0 Å². The number of benzene rings is 1. The second-order valence-electron chi connectivity index (χ2n) is 6.99. The lowest BCUT2D eigenvalue weighted by Gasteiger charge is -2.34. The Bertz CT molecular complexity index is 611. The van der Waals surface area contributed by atoms with E-state index in [1.807, 2.05) is 24.3 Å². The number of piperazine rings is 1. The lowest BCUT2D eigenvalue weighted by Crippen LogP contribution is -2.44. The van der Waals surface area contributed by atoms with Gasteiger partial charge in [-0.2, -0.15) is 0 Å². The summed E-state index contributed by atoms with van der Waals surface area (Å²) in [5, 5.41) is 14.8. The van der Waals surface area contributed by atoms with Crippen molar-refractivity contribution in [2.45, 2.75) is 18.9 Å². The molecule has 2 unspecified atom stereocenters. The molecule has 2 fully saturated rings. The molecule has 0 radical (unpaired) electrons. The Labute approximate surface area is 148 Å². The van der Waals surface area contributed by atoms with Gasteiger partial charge in [0.05, 0.1) is 0 Å². The number of nitrogens with zero attached hydrogens (tertiary/aromatic N) is 2. The average molecular weight is 346 g/mol. The van der Waals surface area contributed by atoms with Gasteiger partial charge in [0, 0.05) is 44.0 Å². The molecule has 2 saturated heterocycles. The summed E-state index contributed by atoms with van der Waals surface area (Å²) in [6, 6.07) is 7.41. The van der Waals surface area contributed by atoms with E-state index in [-0.39, 0.29) is 11.8 Å². The smallest absolute Gasteiger partial charge is 0.320 e. The highest BCUT2D eigenvalue weighted by Gasteiger charge is 2.30. The Balaban J connectivity index is 1.48. The van der Waals surface area contributed by atoms with Crippen LogP contribution in [-0.4, -0.2) is 67.7 Å². The first-order chi connectivity index (χ1) is 12.0. The molecule has 2 aliphatic rings. The molecule has 2 atom stereocenters. The molecular formula is C18H26N4O3. The fourth-order valence-corrected chi connectivity index (χ4v) is 3.45. The van der Waals surface area contributed by atoms with E-state index >= 15 is 0 Å². The maximum Gasteiger partial charge on any atom is 0.320 e. The Morgan fingerprint density at radius 2 is 1.88 bits per heavy atom. The predicted octanol–water partition coefficient (Wildman–Crippen LogP) is 0.830. The molecule has 3 rings (SSSR count). The van der Waals surface area contributed by atoms with Gasteiger partial charge in [-0.15, -0.1) is 0 Å². The standard InChI is InChI=1S/C18H26N4O3/c1-21-6-8-22(9-7-21)15-4-2-14(3-5-15)20-17(23)11-13-10-16(18(24)25)19-12-13/h2-5,13,16,19H,6-12H2,1H3,(H,20,23)(H,24,25). The van der Waals surface area contributed by atoms with Crippen molar-refractivity contribution < 1.29 is 14.7 Å². The van der Waals surface area contributed by atoms with Crippen LogP contribution in [0.5, 0.6) is 0 Å². The van der Waals surface area contributed by atoms with E-state index in [2.05, 4.69) is 27.5 Å². The van der Waals surface area contributed by atoms with E-state index in [0.29, 0.717) is 19.4 Å². The lowest BCUT2D eigenvalue weighted by molar-refractivity contribution is -0.139. The summed E-state index contributed by atoms with van der Waals surface area (Å²) in [7, 11) is 2.13. The zero-order valence-electron chi connectivity index (χ0n) is 14.6. The molecule has 1 amide bonds. The lowest BCUT2D eigenvalue weighted by atomic mass is 10.0. The normalized spacial score (nSPS) is 24.3. The minimum absolute atomic E-state index is 0.0646. The number of carbonyl (C=O) groups is 2. The Hall–Kier alpha value is -2.12. The molecule has 0 bridgehead atoms. The van der Waals surface area contributed by atoms with E-state index in [1.54, 1.807) is 0 Å². The number of carboxylic acids is 1. The van der Waals surface area contributed by atoms with Crippen molar-refractivity contribution in [2.75, 3.05) is 50.0 Å². The van der Waals surface area contributed by atoms with Gasteiger partial charge >= 0.3 is 5.97 Å². The summed E-state index contributed by atoms with van der Waals surface area (Å²) >= 11 is 0. The third kappa shape index (κ3) is 4.70. The SMILES string of the molecule is CN1CCN(c2ccc(NC(=O)CC3CNC(C(=O)O)C3)cc2)CC1. The van der Waals surface area contributed by atoms with Crippen molar-refractivity contribution in [3.8, 4) is 0 Å². The van der Waals surface area contributed by atoms with Crippen LogP contribution in [0.4, 0.5) is 11.4 Å². The molecule has 3 N–H and O–H groups in total. The van der Waals surface area contributed by atoms with Crippen LogP contribution in [0.2, 0.25) is 0 Å². The number of hydrogen-bond acceptors (Lipinski definition) is 5. The first kappa shape index (κ1) is 17.7. The largest absolute Gasteiger partial charge is 0.480 e. The topological polar surface area (TPSA) is 84.9 Å². The van der Waals surface area contributed by atoms with Crippen molar-refractivity contribution in [3.05, 3.63) is 24.3 Å². The van der Waals surface area contributed by atoms with E-state index in [9.17, 15) is 9.59 Å². The monoisotopic (exact) mass is 346 g/mol. The number of carbonyl (C=O) groups excluding carboxylic acids is 1. The summed E-state index contributed by atoms with van der Waals surface area (Å²) in [6.45, 7) is 4.73. The molecule has 7 nitrogen and oxygen atoms in total. The van der Waals surface area contributed by atoms with E-state index in [4.69, 9.17) is 5.11 Å². The number of likely N-dealkylation sites (N-methyl/N-ethyl adjacent to an activating group) is 1. The van der Waals surface area contributed by atoms with Gasteiger partial charge in [0.15, 0.2) is 0 Å². The van der Waals surface area contributed by atoms with Crippen molar-refractivity contribution in [2.24, 2.45) is 5.92 Å². The molecule has 136 valence electrons. The van der Waals surface area contributed by atoms with Crippen molar-refractivity contribution in [1.82, 2.24) is 10.2 Å². The molecule has 0 saturated carbocycles. The molecule has 2 aliphatic heterocycles. The summed E-state index contributed by atoms with van der Waals surface area (Å²) < 4.78 is 0. The third-order valence-electron chi connectivity index (χ3n) is 5.01. The van der Waals surface area contributed by atoms with Crippen LogP contribution in [-0.2, 0) is 9.59 Å². The Morgan fingerprint density at radius 3 is 2.48 bits per heavy atom. The Morgan fingerprint density at radius 1 is 1.20 bits per heavy atom. The van der Waals surface area contributed by atoms with Crippen LogP contribution in [0, 0.1) is 5.92 Å². The maximum absolute atomic E-state index is 12.2. The molecular weight excluding hydrogens is 320 g/mol. The molecule has 1 aromatic carbocycles. The maximum atomic E-state index is 12.2. The summed E-state index contributed by atoms with van der Waals surface area (Å²) in [4.78, 5) is 27.8. The number of rotatable bonds is 5. The van der Waals surface area contributed by atoms with E-state index < -0.39 is 12.0 Å². The highest BCUT2D eigenvalue weighted by atomic mass is 16.4. The van der Waals surface area contributed by atoms with Gasteiger partial charge in [-0.1, -0.05) is 0 Å². The van der Waals surface area contributed by atoms with Gasteiger partial charge in [-0.25, -0.2) is 0 Å². The fraction of sp³-hybridized carbons (Fsp3) is 0.556. The van der Waals surface area contributed by atoms with Gasteiger partial charge < -0.3 is 25.5 Å². The number of amides is 1. The number of anilines is 2. The van der Waals surface area contributed by atoms with Crippen molar-refractivity contribution >= 4 is 23.3 Å². The fourth-order valence-electron chi connectivity index (χ4n) is 3.45. The first-order valence-corrected chi connectivity index (χ1v) is 8.81. The predicted molar refractivity (Wildman–Crippen MR) is 96.9 cm³/mol. The summed E-state index contributed by atoms with van der Waals surface area (Å²) in [5.74, 6) is -0.835. The molecule has 1 aromatic rings. The second kappa shape index (κ2) is 7.84. The van der Waals surface area contributed by atoms with Crippen LogP contribution in [0.3, 0.4) is 0 Å². The minimum Gasteiger partial charge on any atom is -0.480 e. The van der Waals surface area contributed by atoms with Crippen LogP contribution in [0.1, 0.15) is 12.8 Å². The molecule has 0 aromatic heterocycles. The van der Waals surface area contributed by atoms with Crippen LogP contribution >= 0.6 is 0 Å². The zero-order chi connectivity index (χ0) is 17.8. The van der Waals surface area contributed by atoms with Crippen molar-refractivity contribution in [1.29, 1.82) is 0 Å². The minimum atomic E-state index is -0.845. The van der Waals surface area contributed by atoms with Gasteiger partial charge in [0.1, 0.15) is 6.04 Å². The van der Waals surface area contributed by atoms with Gasteiger partial charge in [-0.05, 0) is 50.2 Å². The van der Waals surface area contributed by atoms with Gasteiger partial charge in [0.25, 0.3) is 0 Å². The second-order valence-corrected chi connectivity index (χ2v) is 6.99. The Kier molecular flexibility index (Phi) is 5.55. The summed E-state index contributed by atoms with van der Waals surface area (Å²) in [6.07, 6.45) is 0.849. The molecule has 0 aliphatic carbocycles.